The van der Waals surface area contributed by atoms with E-state index in [1.54, 1.807) is 0 Å². The van der Waals surface area contributed by atoms with Crippen molar-refractivity contribution in [1.82, 2.24) is 15.7 Å². The van der Waals surface area contributed by atoms with Crippen LogP contribution < -0.4 is 16.4 Å². The highest BCUT2D eigenvalue weighted by molar-refractivity contribution is 5.91. The topological polar surface area (TPSA) is 140 Å². The molecule has 262 valence electrons. The van der Waals surface area contributed by atoms with Gasteiger partial charge in [-0.2, -0.15) is 0 Å². The number of nitrogens with zero attached hydrogens (tertiary/aromatic N) is 1. The van der Waals surface area contributed by atoms with E-state index in [0.717, 1.165) is 27.3 Å². The zero-order chi connectivity index (χ0) is 35.7. The summed E-state index contributed by atoms with van der Waals surface area (Å²) in [5.41, 5.74) is 9.02. The lowest BCUT2D eigenvalue weighted by Gasteiger charge is -2.28. The third-order valence-corrected chi connectivity index (χ3v) is 8.01. The first kappa shape index (κ1) is 37.3. The molecule has 3 atom stereocenters. The largest absolute Gasteiger partial charge is 0.459 e. The molecule has 50 heavy (non-hydrogen) atoms. The number of hydrogen-bond donors (Lipinski definition) is 3. The molecule has 0 heterocycles. The van der Waals surface area contributed by atoms with Gasteiger partial charge in [0.1, 0.15) is 25.3 Å². The maximum absolute atomic E-state index is 14.0. The minimum Gasteiger partial charge on any atom is -0.459 e. The minimum absolute atomic E-state index is 0.0209. The molecule has 0 bridgehead atoms. The van der Waals surface area contributed by atoms with Crippen LogP contribution in [-0.2, 0) is 50.0 Å². The summed E-state index contributed by atoms with van der Waals surface area (Å²) in [7, 11) is 0. The fraction of sp³-hybridized carbons (Fsp3) is 0.300. The normalized spacial score (nSPS) is 12.7. The van der Waals surface area contributed by atoms with Crippen molar-refractivity contribution in [1.29, 1.82) is 0 Å². The molecular formula is C40H46N4O6. The number of rotatable bonds is 18. The lowest BCUT2D eigenvalue weighted by atomic mass is 9.96. The molecule has 0 aromatic heterocycles. The zero-order valence-electron chi connectivity index (χ0n) is 28.6. The molecule has 4 rings (SSSR count). The highest BCUT2D eigenvalue weighted by atomic mass is 16.7. The van der Waals surface area contributed by atoms with E-state index in [4.69, 9.17) is 15.3 Å². The molecule has 10 nitrogen and oxygen atoms in total. The predicted molar refractivity (Wildman–Crippen MR) is 191 cm³/mol. The summed E-state index contributed by atoms with van der Waals surface area (Å²) in [6, 6.07) is 34.4. The van der Waals surface area contributed by atoms with E-state index in [1.807, 2.05) is 135 Å². The second-order valence-corrected chi connectivity index (χ2v) is 12.6. The van der Waals surface area contributed by atoms with Crippen LogP contribution >= 0.6 is 0 Å². The molecule has 0 aliphatic heterocycles. The van der Waals surface area contributed by atoms with Crippen molar-refractivity contribution in [2.75, 3.05) is 6.54 Å². The van der Waals surface area contributed by atoms with Crippen molar-refractivity contribution in [3.8, 4) is 0 Å². The van der Waals surface area contributed by atoms with Crippen molar-refractivity contribution >= 4 is 23.8 Å². The van der Waals surface area contributed by atoms with Gasteiger partial charge in [-0.1, -0.05) is 135 Å². The number of urea groups is 1. The standard InChI is InChI=1S/C40H46N4O6/c1-29(2)23-35(38(46)43-36(25-31-17-9-4-10-18-31)39(47)49-27-32-19-11-5-12-20-32)42-37(45)34(24-30-15-7-3-8-16-30)26-44(40(41)48)50-28-33-21-13-6-14-22-33/h3-22,29,34-36H,23-28H2,1-2H3,(H2,41,48)(H,42,45)(H,43,46)/t34?,35-,36-/m0/s1. The fourth-order valence-corrected chi connectivity index (χ4v) is 5.41. The van der Waals surface area contributed by atoms with Crippen molar-refractivity contribution < 1.29 is 28.8 Å². The van der Waals surface area contributed by atoms with Gasteiger partial charge in [0, 0.05) is 6.42 Å². The third kappa shape index (κ3) is 12.5. The lowest BCUT2D eigenvalue weighted by molar-refractivity contribution is -0.149. The van der Waals surface area contributed by atoms with E-state index in [-0.39, 0.29) is 38.5 Å². The Kier molecular flexibility index (Phi) is 14.6. The Balaban J connectivity index is 1.52. The fourth-order valence-electron chi connectivity index (χ4n) is 5.41. The van der Waals surface area contributed by atoms with Crippen molar-refractivity contribution in [2.45, 2.75) is 58.4 Å². The Hall–Kier alpha value is -5.48. The Bertz CT molecular complexity index is 1640. The van der Waals surface area contributed by atoms with Crippen molar-refractivity contribution in [2.24, 2.45) is 17.6 Å². The van der Waals surface area contributed by atoms with Gasteiger partial charge in [-0.15, -0.1) is 0 Å². The van der Waals surface area contributed by atoms with Crippen LogP contribution in [0.15, 0.2) is 121 Å². The van der Waals surface area contributed by atoms with Crippen LogP contribution in [0.2, 0.25) is 0 Å². The Morgan fingerprint density at radius 1 is 0.620 bits per heavy atom. The summed E-state index contributed by atoms with van der Waals surface area (Å²) in [6.07, 6.45) is 0.756. The summed E-state index contributed by atoms with van der Waals surface area (Å²) in [5.74, 6) is -2.37. The molecule has 1 unspecified atom stereocenters. The number of carbonyl (C=O) groups is 4. The number of amides is 4. The van der Waals surface area contributed by atoms with Crippen LogP contribution in [-0.4, -0.2) is 47.5 Å². The van der Waals surface area contributed by atoms with Gasteiger partial charge >= 0.3 is 12.0 Å². The maximum atomic E-state index is 14.0. The van der Waals surface area contributed by atoms with Gasteiger partial charge in [-0.05, 0) is 41.0 Å². The number of nitrogens with two attached hydrogens (primary N) is 1. The van der Waals surface area contributed by atoms with E-state index in [9.17, 15) is 19.2 Å². The molecule has 4 amide bonds. The number of nitrogens with one attached hydrogen (secondary N) is 2. The van der Waals surface area contributed by atoms with E-state index in [2.05, 4.69) is 10.6 Å². The van der Waals surface area contributed by atoms with Crippen molar-refractivity contribution in [3.63, 3.8) is 0 Å². The average Bonchev–Trinajstić information content (AvgIpc) is 3.12. The molecule has 0 fully saturated rings. The number of carbonyl (C=O) groups excluding carboxylic acids is 4. The molecule has 0 aliphatic rings. The SMILES string of the molecule is CC(C)C[C@H](NC(=O)C(Cc1ccccc1)CN(OCc1ccccc1)C(N)=O)C(=O)N[C@@H](Cc1ccccc1)C(=O)OCc1ccccc1. The van der Waals surface area contributed by atoms with Gasteiger partial charge in [0.05, 0.1) is 12.5 Å². The third-order valence-electron chi connectivity index (χ3n) is 8.01. The number of esters is 1. The summed E-state index contributed by atoms with van der Waals surface area (Å²) in [6.45, 7) is 3.86. The summed E-state index contributed by atoms with van der Waals surface area (Å²) >= 11 is 0. The van der Waals surface area contributed by atoms with Crippen LogP contribution in [0.1, 0.15) is 42.5 Å². The molecule has 0 spiro atoms. The monoisotopic (exact) mass is 678 g/mol. The van der Waals surface area contributed by atoms with E-state index in [1.165, 1.54) is 0 Å². The number of hydrogen-bond acceptors (Lipinski definition) is 6. The van der Waals surface area contributed by atoms with E-state index < -0.39 is 41.8 Å². The molecule has 0 saturated heterocycles. The number of benzene rings is 4. The summed E-state index contributed by atoms with van der Waals surface area (Å²) < 4.78 is 5.63. The van der Waals surface area contributed by atoms with Crippen LogP contribution in [0.25, 0.3) is 0 Å². The Morgan fingerprint density at radius 2 is 1.08 bits per heavy atom. The predicted octanol–water partition coefficient (Wildman–Crippen LogP) is 5.36. The number of hydroxylamine groups is 2. The van der Waals surface area contributed by atoms with Crippen LogP contribution in [0.4, 0.5) is 4.79 Å². The molecule has 10 heteroatoms. The second-order valence-electron chi connectivity index (χ2n) is 12.6. The van der Waals surface area contributed by atoms with Gasteiger partial charge in [-0.3, -0.25) is 14.4 Å². The van der Waals surface area contributed by atoms with Crippen LogP contribution in [0.3, 0.4) is 0 Å². The second kappa shape index (κ2) is 19.5. The van der Waals surface area contributed by atoms with Crippen LogP contribution in [0.5, 0.6) is 0 Å². The van der Waals surface area contributed by atoms with E-state index in [0.29, 0.717) is 6.42 Å². The quantitative estimate of drug-likeness (QED) is 0.0957. The van der Waals surface area contributed by atoms with Gasteiger partial charge in [0.25, 0.3) is 0 Å². The Labute approximate surface area is 293 Å². The maximum Gasteiger partial charge on any atom is 0.338 e. The lowest BCUT2D eigenvalue weighted by Crippen LogP contribution is -2.55. The first-order chi connectivity index (χ1) is 24.2. The van der Waals surface area contributed by atoms with Gasteiger partial charge < -0.3 is 21.1 Å². The molecule has 4 aromatic carbocycles. The molecular weight excluding hydrogens is 632 g/mol. The Morgan fingerprint density at radius 3 is 1.58 bits per heavy atom. The highest BCUT2D eigenvalue weighted by Gasteiger charge is 2.32. The molecule has 0 aliphatic carbocycles. The average molecular weight is 679 g/mol. The van der Waals surface area contributed by atoms with Crippen molar-refractivity contribution in [3.05, 3.63) is 144 Å². The van der Waals surface area contributed by atoms with Gasteiger partial charge in [0.2, 0.25) is 11.8 Å². The molecule has 4 N–H and O–H groups in total. The van der Waals surface area contributed by atoms with E-state index >= 15 is 0 Å². The molecule has 4 aromatic rings. The summed E-state index contributed by atoms with van der Waals surface area (Å²) in [5, 5.41) is 6.76. The highest BCUT2D eigenvalue weighted by Crippen LogP contribution is 2.16. The zero-order valence-corrected chi connectivity index (χ0v) is 28.6. The first-order valence-electron chi connectivity index (χ1n) is 16.8. The van der Waals surface area contributed by atoms with Crippen LogP contribution in [0, 0.1) is 11.8 Å². The molecule has 0 radical (unpaired) electrons. The summed E-state index contributed by atoms with van der Waals surface area (Å²) in [4.78, 5) is 59.6. The molecule has 0 saturated carbocycles. The smallest absolute Gasteiger partial charge is 0.338 e. The number of primary amides is 1. The number of ether oxygens (including phenoxy) is 1. The van der Waals surface area contributed by atoms with Gasteiger partial charge in [-0.25, -0.2) is 14.7 Å². The first-order valence-corrected chi connectivity index (χ1v) is 16.8. The minimum atomic E-state index is -1.00. The van der Waals surface area contributed by atoms with Gasteiger partial charge in [0.15, 0.2) is 0 Å².